The van der Waals surface area contributed by atoms with E-state index in [1.165, 1.54) is 29.5 Å². The fourth-order valence-corrected chi connectivity index (χ4v) is 2.59. The summed E-state index contributed by atoms with van der Waals surface area (Å²) < 4.78 is 0. The summed E-state index contributed by atoms with van der Waals surface area (Å²) in [5, 5.41) is 22.8. The Labute approximate surface area is 119 Å². The van der Waals surface area contributed by atoms with Crippen molar-refractivity contribution in [1.82, 2.24) is 5.32 Å². The molecule has 1 amide bonds. The molecule has 2 rings (SSSR count). The Hall–Kier alpha value is -2.34. The van der Waals surface area contributed by atoms with Gasteiger partial charge in [0.15, 0.2) is 6.04 Å². The second-order valence-corrected chi connectivity index (χ2v) is 5.24. The number of benzene rings is 1. The van der Waals surface area contributed by atoms with Crippen molar-refractivity contribution < 1.29 is 19.8 Å². The molecule has 20 heavy (non-hydrogen) atoms. The van der Waals surface area contributed by atoms with Crippen LogP contribution in [0.2, 0.25) is 0 Å². The standard InChI is InChI=1S/C14H13NO4S/c1-8-7-9(16)4-5-10(8)13(17)15-12(14(18)19)11-3-2-6-20-11/h2-7,12,16H,1H3,(H,15,17)(H,18,19). The van der Waals surface area contributed by atoms with Crippen molar-refractivity contribution in [1.29, 1.82) is 0 Å². The lowest BCUT2D eigenvalue weighted by Crippen LogP contribution is -2.33. The van der Waals surface area contributed by atoms with Gasteiger partial charge in [0.25, 0.3) is 5.91 Å². The highest BCUT2D eigenvalue weighted by Gasteiger charge is 2.24. The van der Waals surface area contributed by atoms with Gasteiger partial charge in [-0.15, -0.1) is 11.3 Å². The monoisotopic (exact) mass is 291 g/mol. The first kappa shape index (κ1) is 14.1. The predicted octanol–water partition coefficient (Wildman–Crippen LogP) is 2.32. The molecule has 0 saturated carbocycles. The first-order valence-electron chi connectivity index (χ1n) is 5.85. The first-order chi connectivity index (χ1) is 9.49. The Kier molecular flexibility index (Phi) is 4.05. The van der Waals surface area contributed by atoms with Gasteiger partial charge >= 0.3 is 5.97 Å². The predicted molar refractivity (Wildman–Crippen MR) is 75.0 cm³/mol. The second kappa shape index (κ2) is 5.75. The number of hydrogen-bond donors (Lipinski definition) is 3. The van der Waals surface area contributed by atoms with Crippen LogP contribution in [0.15, 0.2) is 35.7 Å². The summed E-state index contributed by atoms with van der Waals surface area (Å²) in [4.78, 5) is 23.9. The van der Waals surface area contributed by atoms with Crippen LogP contribution >= 0.6 is 11.3 Å². The molecule has 0 saturated heterocycles. The summed E-state index contributed by atoms with van der Waals surface area (Å²) in [6.07, 6.45) is 0. The van der Waals surface area contributed by atoms with Crippen LogP contribution in [0.1, 0.15) is 26.8 Å². The molecular formula is C14H13NO4S. The summed E-state index contributed by atoms with van der Waals surface area (Å²) in [5.41, 5.74) is 0.920. The molecule has 3 N–H and O–H groups in total. The third-order valence-corrected chi connectivity index (χ3v) is 3.74. The van der Waals surface area contributed by atoms with E-state index in [0.29, 0.717) is 16.0 Å². The smallest absolute Gasteiger partial charge is 0.331 e. The normalized spacial score (nSPS) is 11.8. The van der Waals surface area contributed by atoms with Crippen molar-refractivity contribution in [3.63, 3.8) is 0 Å². The molecule has 104 valence electrons. The molecule has 0 spiro atoms. The molecule has 0 radical (unpaired) electrons. The molecule has 1 aromatic heterocycles. The fourth-order valence-electron chi connectivity index (χ4n) is 1.82. The number of carboxylic acids is 1. The molecule has 0 bridgehead atoms. The lowest BCUT2D eigenvalue weighted by atomic mass is 10.1. The van der Waals surface area contributed by atoms with Crippen LogP contribution in [-0.4, -0.2) is 22.1 Å². The number of carbonyl (C=O) groups is 2. The maximum Gasteiger partial charge on any atom is 0.331 e. The van der Waals surface area contributed by atoms with Gasteiger partial charge < -0.3 is 15.5 Å². The van der Waals surface area contributed by atoms with Gasteiger partial charge in [0.2, 0.25) is 0 Å². The molecule has 5 nitrogen and oxygen atoms in total. The van der Waals surface area contributed by atoms with Crippen LogP contribution in [0.4, 0.5) is 0 Å². The molecule has 0 aliphatic rings. The minimum atomic E-state index is -1.11. The van der Waals surface area contributed by atoms with E-state index in [1.54, 1.807) is 24.4 Å². The van der Waals surface area contributed by atoms with E-state index in [9.17, 15) is 19.8 Å². The van der Waals surface area contributed by atoms with Crippen molar-refractivity contribution in [2.75, 3.05) is 0 Å². The Morgan fingerprint density at radius 1 is 1.30 bits per heavy atom. The third-order valence-electron chi connectivity index (χ3n) is 2.80. The first-order valence-corrected chi connectivity index (χ1v) is 6.73. The third kappa shape index (κ3) is 2.97. The number of rotatable bonds is 4. The van der Waals surface area contributed by atoms with E-state index < -0.39 is 17.9 Å². The summed E-state index contributed by atoms with van der Waals surface area (Å²) in [7, 11) is 0. The number of thiophene rings is 1. The summed E-state index contributed by atoms with van der Waals surface area (Å²) in [5.74, 6) is -1.53. The van der Waals surface area contributed by atoms with Gasteiger partial charge in [-0.1, -0.05) is 6.07 Å². The van der Waals surface area contributed by atoms with E-state index in [0.717, 1.165) is 0 Å². The Morgan fingerprint density at radius 2 is 2.05 bits per heavy atom. The number of aryl methyl sites for hydroxylation is 1. The topological polar surface area (TPSA) is 86.6 Å². The fraction of sp³-hybridized carbons (Fsp3) is 0.143. The zero-order valence-corrected chi connectivity index (χ0v) is 11.5. The number of aromatic hydroxyl groups is 1. The SMILES string of the molecule is Cc1cc(O)ccc1C(=O)NC(C(=O)O)c1cccs1. The molecule has 0 fully saturated rings. The number of phenolic OH excluding ortho intramolecular Hbond substituents is 1. The Morgan fingerprint density at radius 3 is 2.60 bits per heavy atom. The number of phenols is 1. The van der Waals surface area contributed by atoms with Gasteiger partial charge in [-0.05, 0) is 42.1 Å². The number of amides is 1. The van der Waals surface area contributed by atoms with Crippen molar-refractivity contribution in [2.45, 2.75) is 13.0 Å². The van der Waals surface area contributed by atoms with Crippen molar-refractivity contribution in [3.8, 4) is 5.75 Å². The number of nitrogens with one attached hydrogen (secondary N) is 1. The minimum Gasteiger partial charge on any atom is -0.508 e. The largest absolute Gasteiger partial charge is 0.508 e. The highest BCUT2D eigenvalue weighted by atomic mass is 32.1. The average molecular weight is 291 g/mol. The zero-order chi connectivity index (χ0) is 14.7. The van der Waals surface area contributed by atoms with Crippen LogP contribution in [0.5, 0.6) is 5.75 Å². The molecule has 2 aromatic rings. The molecule has 1 aromatic carbocycles. The van der Waals surface area contributed by atoms with Crippen LogP contribution in [0, 0.1) is 6.92 Å². The van der Waals surface area contributed by atoms with Gasteiger partial charge in [0, 0.05) is 10.4 Å². The van der Waals surface area contributed by atoms with Crippen LogP contribution in [0.3, 0.4) is 0 Å². The Balaban J connectivity index is 2.23. The average Bonchev–Trinajstić information content (AvgIpc) is 2.88. The van der Waals surface area contributed by atoms with Gasteiger partial charge in [-0.3, -0.25) is 4.79 Å². The summed E-state index contributed by atoms with van der Waals surface area (Å²) >= 11 is 1.27. The summed E-state index contributed by atoms with van der Waals surface area (Å²) in [6, 6.07) is 6.63. The highest BCUT2D eigenvalue weighted by molar-refractivity contribution is 7.10. The summed E-state index contributed by atoms with van der Waals surface area (Å²) in [6.45, 7) is 1.68. The maximum absolute atomic E-state index is 12.1. The molecule has 1 heterocycles. The second-order valence-electron chi connectivity index (χ2n) is 4.26. The molecule has 6 heteroatoms. The number of hydrogen-bond acceptors (Lipinski definition) is 4. The van der Waals surface area contributed by atoms with Crippen LogP contribution < -0.4 is 5.32 Å². The molecule has 1 unspecified atom stereocenters. The van der Waals surface area contributed by atoms with Gasteiger partial charge in [0.1, 0.15) is 5.75 Å². The maximum atomic E-state index is 12.1. The quantitative estimate of drug-likeness (QED) is 0.807. The molecule has 0 aliphatic carbocycles. The van der Waals surface area contributed by atoms with Crippen LogP contribution in [0.25, 0.3) is 0 Å². The zero-order valence-electron chi connectivity index (χ0n) is 10.7. The van der Waals surface area contributed by atoms with E-state index >= 15 is 0 Å². The van der Waals surface area contributed by atoms with E-state index in [2.05, 4.69) is 5.32 Å². The molecular weight excluding hydrogens is 278 g/mol. The molecule has 1 atom stereocenters. The lowest BCUT2D eigenvalue weighted by molar-refractivity contribution is -0.139. The van der Waals surface area contributed by atoms with Crippen molar-refractivity contribution in [3.05, 3.63) is 51.7 Å². The lowest BCUT2D eigenvalue weighted by Gasteiger charge is -2.14. The van der Waals surface area contributed by atoms with E-state index in [-0.39, 0.29) is 5.75 Å². The van der Waals surface area contributed by atoms with Gasteiger partial charge in [-0.25, -0.2) is 4.79 Å². The van der Waals surface area contributed by atoms with Gasteiger partial charge in [-0.2, -0.15) is 0 Å². The Bertz CT molecular complexity index is 637. The highest BCUT2D eigenvalue weighted by Crippen LogP contribution is 2.21. The van der Waals surface area contributed by atoms with Crippen molar-refractivity contribution in [2.24, 2.45) is 0 Å². The minimum absolute atomic E-state index is 0.0621. The van der Waals surface area contributed by atoms with Gasteiger partial charge in [0.05, 0.1) is 0 Å². The number of aliphatic carboxylic acids is 1. The number of carboxylic acid groups (broad SMARTS) is 1. The molecule has 0 aliphatic heterocycles. The van der Waals surface area contributed by atoms with E-state index in [1.807, 2.05) is 0 Å². The number of carbonyl (C=O) groups excluding carboxylic acids is 1. The van der Waals surface area contributed by atoms with Crippen LogP contribution in [-0.2, 0) is 4.79 Å². The van der Waals surface area contributed by atoms with Crippen molar-refractivity contribution >= 4 is 23.2 Å². The van der Waals surface area contributed by atoms with E-state index in [4.69, 9.17) is 0 Å².